The first kappa shape index (κ1) is 14.2. The molecule has 6 heteroatoms. The fraction of sp³-hybridized carbons (Fsp3) is 0.583. The molecule has 1 rings (SSSR count). The SMILES string of the molecule is CCCOc1ccnc(NCC(C)(C)C(N)=O)n1. The molecule has 1 amide bonds. The van der Waals surface area contributed by atoms with E-state index in [2.05, 4.69) is 15.3 Å². The maximum absolute atomic E-state index is 11.2. The fourth-order valence-corrected chi connectivity index (χ4v) is 1.10. The number of carbonyl (C=O) groups is 1. The molecule has 0 radical (unpaired) electrons. The molecule has 1 aromatic heterocycles. The highest BCUT2D eigenvalue weighted by atomic mass is 16.5. The third-order valence-electron chi connectivity index (χ3n) is 2.44. The molecule has 0 aromatic carbocycles. The molecule has 0 atom stereocenters. The van der Waals surface area contributed by atoms with Gasteiger partial charge in [-0.05, 0) is 20.3 Å². The molecule has 0 unspecified atom stereocenters. The van der Waals surface area contributed by atoms with Gasteiger partial charge in [0.15, 0.2) is 0 Å². The van der Waals surface area contributed by atoms with Crippen LogP contribution in [-0.2, 0) is 4.79 Å². The molecule has 18 heavy (non-hydrogen) atoms. The number of nitrogens with one attached hydrogen (secondary N) is 1. The summed E-state index contributed by atoms with van der Waals surface area (Å²) >= 11 is 0. The van der Waals surface area contributed by atoms with Gasteiger partial charge in [-0.15, -0.1) is 0 Å². The normalized spacial score (nSPS) is 11.1. The van der Waals surface area contributed by atoms with Crippen molar-refractivity contribution in [3.63, 3.8) is 0 Å². The van der Waals surface area contributed by atoms with Crippen molar-refractivity contribution in [2.24, 2.45) is 11.1 Å². The van der Waals surface area contributed by atoms with E-state index in [9.17, 15) is 4.79 Å². The Morgan fingerprint density at radius 1 is 1.56 bits per heavy atom. The van der Waals surface area contributed by atoms with Crippen molar-refractivity contribution >= 4 is 11.9 Å². The molecular weight excluding hydrogens is 232 g/mol. The summed E-state index contributed by atoms with van der Waals surface area (Å²) in [5.74, 6) is 0.581. The van der Waals surface area contributed by atoms with E-state index in [1.54, 1.807) is 26.1 Å². The summed E-state index contributed by atoms with van der Waals surface area (Å²) in [4.78, 5) is 19.4. The van der Waals surface area contributed by atoms with E-state index in [0.29, 0.717) is 25.0 Å². The summed E-state index contributed by atoms with van der Waals surface area (Å²) in [5.41, 5.74) is 4.64. The molecule has 0 saturated carbocycles. The summed E-state index contributed by atoms with van der Waals surface area (Å²) < 4.78 is 5.39. The van der Waals surface area contributed by atoms with Crippen LogP contribution in [0, 0.1) is 5.41 Å². The van der Waals surface area contributed by atoms with Crippen molar-refractivity contribution in [1.29, 1.82) is 0 Å². The lowest BCUT2D eigenvalue weighted by molar-refractivity contribution is -0.125. The number of carbonyl (C=O) groups excluding carboxylic acids is 1. The van der Waals surface area contributed by atoms with Crippen LogP contribution in [0.4, 0.5) is 5.95 Å². The number of hydrogen-bond donors (Lipinski definition) is 2. The van der Waals surface area contributed by atoms with Crippen molar-refractivity contribution in [2.45, 2.75) is 27.2 Å². The van der Waals surface area contributed by atoms with Gasteiger partial charge in [-0.25, -0.2) is 4.98 Å². The minimum Gasteiger partial charge on any atom is -0.478 e. The second-order valence-corrected chi connectivity index (χ2v) is 4.67. The lowest BCUT2D eigenvalue weighted by Crippen LogP contribution is -2.37. The maximum Gasteiger partial charge on any atom is 0.225 e. The number of hydrogen-bond acceptors (Lipinski definition) is 5. The van der Waals surface area contributed by atoms with Crippen LogP contribution in [0.15, 0.2) is 12.3 Å². The third kappa shape index (κ3) is 4.20. The van der Waals surface area contributed by atoms with Crippen molar-refractivity contribution in [1.82, 2.24) is 9.97 Å². The van der Waals surface area contributed by atoms with Crippen molar-refractivity contribution in [2.75, 3.05) is 18.5 Å². The number of amides is 1. The second kappa shape index (κ2) is 6.18. The molecule has 0 aliphatic rings. The third-order valence-corrected chi connectivity index (χ3v) is 2.44. The first-order valence-corrected chi connectivity index (χ1v) is 5.95. The quantitative estimate of drug-likeness (QED) is 0.760. The van der Waals surface area contributed by atoms with Crippen LogP contribution in [0.1, 0.15) is 27.2 Å². The zero-order chi connectivity index (χ0) is 13.6. The van der Waals surface area contributed by atoms with Gasteiger partial charge in [0.25, 0.3) is 0 Å². The van der Waals surface area contributed by atoms with Gasteiger partial charge in [-0.2, -0.15) is 4.98 Å². The summed E-state index contributed by atoms with van der Waals surface area (Å²) in [6.07, 6.45) is 2.53. The Morgan fingerprint density at radius 3 is 2.89 bits per heavy atom. The highest BCUT2D eigenvalue weighted by molar-refractivity contribution is 5.80. The van der Waals surface area contributed by atoms with E-state index < -0.39 is 5.41 Å². The average molecular weight is 252 g/mol. The predicted octanol–water partition coefficient (Wildman–Crippen LogP) is 1.19. The minimum absolute atomic E-state index is 0.367. The Labute approximate surface area is 107 Å². The minimum atomic E-state index is -0.649. The first-order chi connectivity index (χ1) is 8.45. The molecule has 0 bridgehead atoms. The fourth-order valence-electron chi connectivity index (χ4n) is 1.10. The lowest BCUT2D eigenvalue weighted by Gasteiger charge is -2.20. The molecule has 0 aliphatic carbocycles. The van der Waals surface area contributed by atoms with Gasteiger partial charge in [0.05, 0.1) is 12.0 Å². The Balaban J connectivity index is 2.60. The Hall–Kier alpha value is -1.85. The summed E-state index contributed by atoms with van der Waals surface area (Å²) in [6.45, 7) is 6.54. The van der Waals surface area contributed by atoms with E-state index >= 15 is 0 Å². The number of primary amides is 1. The van der Waals surface area contributed by atoms with Crippen LogP contribution in [0.5, 0.6) is 5.88 Å². The summed E-state index contributed by atoms with van der Waals surface area (Å²) in [6, 6.07) is 1.69. The van der Waals surface area contributed by atoms with Crippen molar-refractivity contribution < 1.29 is 9.53 Å². The number of rotatable bonds is 7. The molecule has 0 fully saturated rings. The van der Waals surface area contributed by atoms with Gasteiger partial charge in [0, 0.05) is 18.8 Å². The Kier molecular flexibility index (Phi) is 4.88. The van der Waals surface area contributed by atoms with Gasteiger partial charge in [0.1, 0.15) is 0 Å². The summed E-state index contributed by atoms with van der Waals surface area (Å²) in [5, 5.41) is 2.98. The van der Waals surface area contributed by atoms with E-state index in [-0.39, 0.29) is 5.91 Å². The van der Waals surface area contributed by atoms with Crippen molar-refractivity contribution in [3.8, 4) is 5.88 Å². The molecule has 0 saturated heterocycles. The van der Waals surface area contributed by atoms with Gasteiger partial charge in [-0.1, -0.05) is 6.92 Å². The van der Waals surface area contributed by atoms with Crippen LogP contribution >= 0.6 is 0 Å². The first-order valence-electron chi connectivity index (χ1n) is 5.95. The zero-order valence-corrected chi connectivity index (χ0v) is 11.1. The van der Waals surface area contributed by atoms with Crippen LogP contribution in [0.25, 0.3) is 0 Å². The number of nitrogens with zero attached hydrogens (tertiary/aromatic N) is 2. The highest BCUT2D eigenvalue weighted by Crippen LogP contribution is 2.15. The monoisotopic (exact) mass is 252 g/mol. The van der Waals surface area contributed by atoms with Crippen LogP contribution in [0.3, 0.4) is 0 Å². The van der Waals surface area contributed by atoms with Gasteiger partial charge in [0.2, 0.25) is 17.7 Å². The summed E-state index contributed by atoms with van der Waals surface area (Å²) in [7, 11) is 0. The molecule has 1 heterocycles. The van der Waals surface area contributed by atoms with Crippen LogP contribution < -0.4 is 15.8 Å². The molecule has 100 valence electrons. The van der Waals surface area contributed by atoms with E-state index in [1.807, 2.05) is 6.92 Å². The maximum atomic E-state index is 11.2. The van der Waals surface area contributed by atoms with Crippen LogP contribution in [-0.4, -0.2) is 29.0 Å². The van der Waals surface area contributed by atoms with Crippen molar-refractivity contribution in [3.05, 3.63) is 12.3 Å². The Morgan fingerprint density at radius 2 is 2.28 bits per heavy atom. The molecular formula is C12H20N4O2. The van der Waals surface area contributed by atoms with Gasteiger partial charge in [-0.3, -0.25) is 4.79 Å². The number of nitrogens with two attached hydrogens (primary N) is 1. The molecule has 0 aliphatic heterocycles. The molecule has 0 spiro atoms. The largest absolute Gasteiger partial charge is 0.478 e. The average Bonchev–Trinajstić information content (AvgIpc) is 2.34. The highest BCUT2D eigenvalue weighted by Gasteiger charge is 2.24. The van der Waals surface area contributed by atoms with Crippen LogP contribution in [0.2, 0.25) is 0 Å². The number of aromatic nitrogens is 2. The molecule has 6 nitrogen and oxygen atoms in total. The van der Waals surface area contributed by atoms with Gasteiger partial charge < -0.3 is 15.8 Å². The smallest absolute Gasteiger partial charge is 0.225 e. The standard InChI is InChI=1S/C12H20N4O2/c1-4-7-18-9-5-6-14-11(16-9)15-8-12(2,3)10(13)17/h5-6H,4,7-8H2,1-3H3,(H2,13,17)(H,14,15,16). The topological polar surface area (TPSA) is 90.1 Å². The second-order valence-electron chi connectivity index (χ2n) is 4.67. The van der Waals surface area contributed by atoms with E-state index in [0.717, 1.165) is 6.42 Å². The van der Waals surface area contributed by atoms with Gasteiger partial charge >= 0.3 is 0 Å². The number of anilines is 1. The predicted molar refractivity (Wildman–Crippen MR) is 69.3 cm³/mol. The van der Waals surface area contributed by atoms with E-state index in [4.69, 9.17) is 10.5 Å². The molecule has 3 N–H and O–H groups in total. The Bertz CT molecular complexity index is 407. The zero-order valence-electron chi connectivity index (χ0n) is 11.1. The number of ether oxygens (including phenoxy) is 1. The lowest BCUT2D eigenvalue weighted by atomic mass is 9.93. The van der Waals surface area contributed by atoms with E-state index in [1.165, 1.54) is 0 Å². The molecule has 1 aromatic rings.